The van der Waals surface area contributed by atoms with E-state index in [0.717, 1.165) is 31.0 Å². The van der Waals surface area contributed by atoms with Gasteiger partial charge in [0.15, 0.2) is 0 Å². The maximum Gasteiger partial charge on any atom is 0.295 e. The number of rotatable bonds is 6. The van der Waals surface area contributed by atoms with Gasteiger partial charge in [0, 0.05) is 12.1 Å². The highest BCUT2D eigenvalue weighted by atomic mass is 19.1. The number of nitrogens with two attached hydrogens (primary N) is 1. The lowest BCUT2D eigenvalue weighted by atomic mass is 10.2. The lowest BCUT2D eigenvalue weighted by Gasteiger charge is -2.01. The van der Waals surface area contributed by atoms with Crippen LogP contribution in [0.1, 0.15) is 18.5 Å². The summed E-state index contributed by atoms with van der Waals surface area (Å²) in [6.07, 6.45) is 3.98. The molecule has 0 aliphatic heterocycles. The first-order valence-corrected chi connectivity index (χ1v) is 6.17. The molecule has 0 aliphatic rings. The molecule has 1 aromatic carbocycles. The fourth-order valence-corrected chi connectivity index (χ4v) is 1.82. The average Bonchev–Trinajstić information content (AvgIpc) is 2.87. The lowest BCUT2D eigenvalue weighted by Crippen LogP contribution is -2.01. The van der Waals surface area contributed by atoms with E-state index in [-0.39, 0.29) is 11.4 Å². The molecule has 1 aromatic heterocycles. The molecule has 8 heteroatoms. The minimum Gasteiger partial charge on any atom is -0.330 e. The number of nitro benzene ring substituents is 1. The molecule has 2 N–H and O–H groups in total. The third-order valence-electron chi connectivity index (χ3n) is 2.81. The number of hydrogen-bond donors (Lipinski definition) is 1. The minimum absolute atomic E-state index is 0.0626. The number of nitro groups is 1. The summed E-state index contributed by atoms with van der Waals surface area (Å²) in [6.45, 7) is 0.601. The highest BCUT2D eigenvalue weighted by Crippen LogP contribution is 2.23. The summed E-state index contributed by atoms with van der Waals surface area (Å²) in [4.78, 5) is 10.4. The van der Waals surface area contributed by atoms with E-state index in [2.05, 4.69) is 10.3 Å². The zero-order valence-electron chi connectivity index (χ0n) is 10.7. The predicted octanol–water partition coefficient (Wildman–Crippen LogP) is 1.60. The van der Waals surface area contributed by atoms with Crippen LogP contribution in [0, 0.1) is 15.9 Å². The molecule has 0 radical (unpaired) electrons. The first kappa shape index (κ1) is 14.1. The Labute approximate surface area is 114 Å². The molecule has 106 valence electrons. The molecule has 2 aromatic rings. The molecule has 0 amide bonds. The number of benzene rings is 1. The fraction of sp³-hybridized carbons (Fsp3) is 0.333. The Bertz CT molecular complexity index is 614. The van der Waals surface area contributed by atoms with Crippen LogP contribution in [0.2, 0.25) is 0 Å². The quantitative estimate of drug-likeness (QED) is 0.491. The van der Waals surface area contributed by atoms with E-state index < -0.39 is 10.7 Å². The third-order valence-corrected chi connectivity index (χ3v) is 2.81. The Morgan fingerprint density at radius 1 is 1.40 bits per heavy atom. The van der Waals surface area contributed by atoms with Crippen molar-refractivity contribution in [2.75, 3.05) is 6.54 Å². The van der Waals surface area contributed by atoms with E-state index >= 15 is 0 Å². The number of unbranched alkanes of at least 4 members (excludes halogenated alkanes) is 1. The monoisotopic (exact) mass is 279 g/mol. The largest absolute Gasteiger partial charge is 0.330 e. The van der Waals surface area contributed by atoms with Gasteiger partial charge >= 0.3 is 0 Å². The van der Waals surface area contributed by atoms with Crippen LogP contribution in [-0.2, 0) is 6.42 Å². The molecule has 0 atom stereocenters. The van der Waals surface area contributed by atoms with Crippen LogP contribution < -0.4 is 5.73 Å². The molecule has 0 aliphatic carbocycles. The van der Waals surface area contributed by atoms with E-state index in [1.165, 1.54) is 4.68 Å². The lowest BCUT2D eigenvalue weighted by molar-refractivity contribution is -0.384. The van der Waals surface area contributed by atoms with Gasteiger partial charge in [0.1, 0.15) is 11.5 Å². The Kier molecular flexibility index (Phi) is 4.36. The van der Waals surface area contributed by atoms with Gasteiger partial charge in [0.25, 0.3) is 5.69 Å². The third kappa shape index (κ3) is 3.15. The van der Waals surface area contributed by atoms with Gasteiger partial charge in [-0.2, -0.15) is 0 Å². The topological polar surface area (TPSA) is 99.9 Å². The van der Waals surface area contributed by atoms with Gasteiger partial charge in [0.05, 0.1) is 16.8 Å². The van der Waals surface area contributed by atoms with Crippen molar-refractivity contribution in [3.63, 3.8) is 0 Å². The number of nitrogens with zero attached hydrogens (tertiary/aromatic N) is 4. The Balaban J connectivity index is 2.27. The first-order valence-electron chi connectivity index (χ1n) is 6.17. The van der Waals surface area contributed by atoms with Gasteiger partial charge in [-0.3, -0.25) is 10.1 Å². The summed E-state index contributed by atoms with van der Waals surface area (Å²) in [5.74, 6) is -0.564. The molecule has 2 rings (SSSR count). The Hall–Kier alpha value is -2.35. The zero-order valence-corrected chi connectivity index (χ0v) is 10.7. The normalized spacial score (nSPS) is 10.7. The van der Waals surface area contributed by atoms with E-state index in [1.54, 1.807) is 6.20 Å². The number of halogens is 1. The van der Waals surface area contributed by atoms with Crippen molar-refractivity contribution >= 4 is 5.69 Å². The molecule has 0 fully saturated rings. The van der Waals surface area contributed by atoms with Crippen LogP contribution in [0.5, 0.6) is 0 Å². The molecule has 0 spiro atoms. The summed E-state index contributed by atoms with van der Waals surface area (Å²) in [7, 11) is 0. The average molecular weight is 279 g/mol. The molecule has 1 heterocycles. The Morgan fingerprint density at radius 2 is 2.20 bits per heavy atom. The van der Waals surface area contributed by atoms with Crippen LogP contribution >= 0.6 is 0 Å². The van der Waals surface area contributed by atoms with Crippen molar-refractivity contribution in [1.82, 2.24) is 15.0 Å². The van der Waals surface area contributed by atoms with E-state index in [1.807, 2.05) is 0 Å². The zero-order chi connectivity index (χ0) is 14.5. The van der Waals surface area contributed by atoms with Crippen molar-refractivity contribution in [1.29, 1.82) is 0 Å². The fourth-order valence-electron chi connectivity index (χ4n) is 1.82. The molecule has 20 heavy (non-hydrogen) atoms. The van der Waals surface area contributed by atoms with Gasteiger partial charge in [-0.1, -0.05) is 5.21 Å². The van der Waals surface area contributed by atoms with Crippen molar-refractivity contribution in [2.45, 2.75) is 19.3 Å². The van der Waals surface area contributed by atoms with Gasteiger partial charge in [-0.05, 0) is 31.9 Å². The molecular weight excluding hydrogens is 265 g/mol. The Morgan fingerprint density at radius 3 is 2.90 bits per heavy atom. The van der Waals surface area contributed by atoms with Crippen LogP contribution in [-0.4, -0.2) is 26.5 Å². The summed E-state index contributed by atoms with van der Waals surface area (Å²) < 4.78 is 14.5. The van der Waals surface area contributed by atoms with Crippen molar-refractivity contribution in [3.05, 3.63) is 46.0 Å². The van der Waals surface area contributed by atoms with Crippen LogP contribution in [0.4, 0.5) is 10.1 Å². The summed E-state index contributed by atoms with van der Waals surface area (Å²) >= 11 is 0. The molecule has 0 saturated carbocycles. The van der Waals surface area contributed by atoms with Gasteiger partial charge in [-0.15, -0.1) is 5.10 Å². The molecule has 0 unspecified atom stereocenters. The number of aryl methyl sites for hydroxylation is 1. The summed E-state index contributed by atoms with van der Waals surface area (Å²) in [5.41, 5.74) is 5.94. The molecule has 0 saturated heterocycles. The van der Waals surface area contributed by atoms with Crippen molar-refractivity contribution < 1.29 is 9.31 Å². The van der Waals surface area contributed by atoms with E-state index in [0.29, 0.717) is 18.7 Å². The second kappa shape index (κ2) is 6.20. The van der Waals surface area contributed by atoms with Crippen molar-refractivity contribution in [2.24, 2.45) is 5.73 Å². The summed E-state index contributed by atoms with van der Waals surface area (Å²) in [6, 6.07) is 3.22. The molecule has 0 bridgehead atoms. The predicted molar refractivity (Wildman–Crippen MR) is 70.0 cm³/mol. The maximum absolute atomic E-state index is 13.3. The van der Waals surface area contributed by atoms with Crippen molar-refractivity contribution in [3.8, 4) is 5.69 Å². The first-order chi connectivity index (χ1) is 9.61. The second-order valence-electron chi connectivity index (χ2n) is 4.29. The highest BCUT2D eigenvalue weighted by Gasteiger charge is 2.17. The smallest absolute Gasteiger partial charge is 0.295 e. The number of hydrogen-bond acceptors (Lipinski definition) is 5. The van der Waals surface area contributed by atoms with Crippen LogP contribution in [0.3, 0.4) is 0 Å². The van der Waals surface area contributed by atoms with Crippen LogP contribution in [0.15, 0.2) is 24.4 Å². The van der Waals surface area contributed by atoms with Crippen LogP contribution in [0.25, 0.3) is 5.69 Å². The van der Waals surface area contributed by atoms with E-state index in [4.69, 9.17) is 5.73 Å². The maximum atomic E-state index is 13.3. The van der Waals surface area contributed by atoms with E-state index in [9.17, 15) is 14.5 Å². The SMILES string of the molecule is NCCCCc1cn(-c2cc(F)ccc2[N+](=O)[O-])nn1. The standard InChI is InChI=1S/C12H14FN5O2/c13-9-4-5-11(18(19)20)12(7-9)17-8-10(15-16-17)3-1-2-6-14/h4-5,7-8H,1-3,6,14H2. The minimum atomic E-state index is -0.579. The molecule has 7 nitrogen and oxygen atoms in total. The van der Waals surface area contributed by atoms with Gasteiger partial charge in [-0.25, -0.2) is 9.07 Å². The summed E-state index contributed by atoms with van der Waals surface area (Å²) in [5, 5.41) is 18.7. The highest BCUT2D eigenvalue weighted by molar-refractivity contribution is 5.51. The molecular formula is C12H14FN5O2. The second-order valence-corrected chi connectivity index (χ2v) is 4.29. The van der Waals surface area contributed by atoms with Gasteiger partial charge in [0.2, 0.25) is 0 Å². The van der Waals surface area contributed by atoms with Gasteiger partial charge < -0.3 is 5.73 Å². The number of aromatic nitrogens is 3.